The van der Waals surface area contributed by atoms with E-state index in [9.17, 15) is 61.0 Å². The highest BCUT2D eigenvalue weighted by Crippen LogP contribution is 2.33. The first-order valence-electron chi connectivity index (χ1n) is 42.0. The van der Waals surface area contributed by atoms with Gasteiger partial charge in [0.05, 0.1) is 38.6 Å². The number of unbranched alkanes of at least 4 members (excludes halogenated alkanes) is 43. The largest absolute Gasteiger partial charge is 0.394 e. The second kappa shape index (κ2) is 64.3. The number of carbonyl (C=O) groups excluding carboxylic acids is 1. The monoisotopic (exact) mass is 1460 g/mol. The van der Waals surface area contributed by atoms with Gasteiger partial charge in [0.15, 0.2) is 18.9 Å². The van der Waals surface area contributed by atoms with Gasteiger partial charge < -0.3 is 89.9 Å². The fourth-order valence-electron chi connectivity index (χ4n) is 14.1. The third-order valence-corrected chi connectivity index (χ3v) is 20.8. The molecule has 0 aromatic heterocycles. The molecule has 3 fully saturated rings. The Morgan fingerprint density at radius 1 is 0.359 bits per heavy atom. The summed E-state index contributed by atoms with van der Waals surface area (Å²) in [6.45, 7) is 1.67. The zero-order valence-electron chi connectivity index (χ0n) is 64.5. The number of ether oxygens (including phenoxy) is 6. The molecule has 0 bridgehead atoms. The van der Waals surface area contributed by atoms with Gasteiger partial charge >= 0.3 is 0 Å². The highest BCUT2D eigenvalue weighted by Gasteiger charge is 2.54. The zero-order valence-corrected chi connectivity index (χ0v) is 64.5. The summed E-state index contributed by atoms with van der Waals surface area (Å²) in [4.78, 5) is 13.5. The number of nitrogens with one attached hydrogen (secondary N) is 1. The van der Waals surface area contributed by atoms with E-state index in [1.807, 2.05) is 6.08 Å². The molecule has 17 unspecified atom stereocenters. The van der Waals surface area contributed by atoms with Crippen LogP contribution in [-0.4, -0.2) is 193 Å². The van der Waals surface area contributed by atoms with Crippen LogP contribution in [0.1, 0.15) is 335 Å². The number of hydrogen-bond donors (Lipinski definition) is 12. The molecule has 12 N–H and O–H groups in total. The normalized spacial score (nSPS) is 26.3. The lowest BCUT2D eigenvalue weighted by Gasteiger charge is -2.48. The van der Waals surface area contributed by atoms with Crippen LogP contribution in [0, 0.1) is 0 Å². The maximum absolute atomic E-state index is 13.5. The molecule has 17 atom stereocenters. The van der Waals surface area contributed by atoms with Crippen LogP contribution in [0.4, 0.5) is 0 Å². The Bertz CT molecular complexity index is 2090. The summed E-state index contributed by atoms with van der Waals surface area (Å²) in [6.07, 6.45) is 56.4. The predicted molar refractivity (Wildman–Crippen MR) is 411 cm³/mol. The Morgan fingerprint density at radius 3 is 1.05 bits per heavy atom. The SMILES string of the molecule is CC/C=C\C/C=C\C/C=C\C/C=C\CCCCCCCCCCCCCCC(=O)NC(COC1OC(CO)C(OC2OC(CO)C(OC3OC(CO)C(O)C(O)C3O)C(O)C2O)C(O)C1O)C(O)/C=C/CCCCCCCCCCCCCCCCCCCCCCCCCCCCCCCCC. The molecule has 0 radical (unpaired) electrons. The number of rotatable bonds is 67. The number of aliphatic hydroxyl groups is 11. The molecule has 0 saturated carbocycles. The van der Waals surface area contributed by atoms with E-state index in [1.54, 1.807) is 6.08 Å². The molecule has 0 aliphatic carbocycles. The van der Waals surface area contributed by atoms with Crippen LogP contribution in [0.25, 0.3) is 0 Å². The van der Waals surface area contributed by atoms with E-state index in [-0.39, 0.29) is 18.9 Å². The van der Waals surface area contributed by atoms with E-state index in [0.717, 1.165) is 77.0 Å². The Hall–Kier alpha value is -2.51. The Kier molecular flexibility index (Phi) is 59.1. The highest BCUT2D eigenvalue weighted by atomic mass is 16.8. The van der Waals surface area contributed by atoms with Gasteiger partial charge in [0.1, 0.15) is 73.2 Å². The van der Waals surface area contributed by atoms with E-state index >= 15 is 0 Å². The molecule has 19 heteroatoms. The molecular formula is C84H153NO18. The Balaban J connectivity index is 1.36. The van der Waals surface area contributed by atoms with Crippen molar-refractivity contribution >= 4 is 5.91 Å². The van der Waals surface area contributed by atoms with E-state index in [0.29, 0.717) is 6.42 Å². The average Bonchev–Trinajstić information content (AvgIpc) is 0.781. The molecule has 103 heavy (non-hydrogen) atoms. The van der Waals surface area contributed by atoms with Crippen LogP contribution in [0.3, 0.4) is 0 Å². The maximum atomic E-state index is 13.5. The minimum absolute atomic E-state index is 0.239. The molecule has 0 aromatic rings. The van der Waals surface area contributed by atoms with Gasteiger partial charge in [-0.05, 0) is 57.8 Å². The molecule has 0 aromatic carbocycles. The second-order valence-electron chi connectivity index (χ2n) is 29.9. The summed E-state index contributed by atoms with van der Waals surface area (Å²) >= 11 is 0. The van der Waals surface area contributed by atoms with Crippen molar-refractivity contribution in [2.24, 2.45) is 0 Å². The molecule has 3 aliphatic rings. The van der Waals surface area contributed by atoms with E-state index in [2.05, 4.69) is 67.8 Å². The van der Waals surface area contributed by atoms with Crippen LogP contribution in [0.5, 0.6) is 0 Å². The van der Waals surface area contributed by atoms with Crippen molar-refractivity contribution in [3.8, 4) is 0 Å². The number of aliphatic hydroxyl groups excluding tert-OH is 11. The first-order valence-corrected chi connectivity index (χ1v) is 42.0. The van der Waals surface area contributed by atoms with Gasteiger partial charge in [-0.15, -0.1) is 0 Å². The van der Waals surface area contributed by atoms with Crippen molar-refractivity contribution in [1.82, 2.24) is 5.32 Å². The quantitative estimate of drug-likeness (QED) is 0.0199. The van der Waals surface area contributed by atoms with E-state index < -0.39 is 124 Å². The van der Waals surface area contributed by atoms with Crippen molar-refractivity contribution in [3.05, 3.63) is 60.8 Å². The van der Waals surface area contributed by atoms with Gasteiger partial charge in [0.25, 0.3) is 0 Å². The van der Waals surface area contributed by atoms with E-state index in [4.69, 9.17) is 28.4 Å². The first-order chi connectivity index (χ1) is 50.3. The topological polar surface area (TPSA) is 307 Å². The molecule has 0 spiro atoms. The molecule has 3 rings (SSSR count). The molecule has 602 valence electrons. The Morgan fingerprint density at radius 2 is 0.670 bits per heavy atom. The van der Waals surface area contributed by atoms with Crippen molar-refractivity contribution in [2.45, 2.75) is 439 Å². The number of allylic oxidation sites excluding steroid dienone is 9. The minimum atomic E-state index is -1.98. The third-order valence-electron chi connectivity index (χ3n) is 20.8. The summed E-state index contributed by atoms with van der Waals surface area (Å²) in [7, 11) is 0. The zero-order chi connectivity index (χ0) is 74.6. The fourth-order valence-corrected chi connectivity index (χ4v) is 14.1. The fraction of sp³-hybridized carbons (Fsp3) is 0.869. The van der Waals surface area contributed by atoms with Crippen molar-refractivity contribution < 1.29 is 89.4 Å². The minimum Gasteiger partial charge on any atom is -0.394 e. The predicted octanol–water partition coefficient (Wildman–Crippen LogP) is 14.6. The number of carbonyl (C=O) groups is 1. The third kappa shape index (κ3) is 44.1. The molecule has 3 saturated heterocycles. The van der Waals surface area contributed by atoms with Crippen LogP contribution in [-0.2, 0) is 33.2 Å². The van der Waals surface area contributed by atoms with Crippen molar-refractivity contribution in [2.75, 3.05) is 26.4 Å². The van der Waals surface area contributed by atoms with Gasteiger partial charge in [-0.1, -0.05) is 331 Å². The molecule has 1 amide bonds. The van der Waals surface area contributed by atoms with Crippen LogP contribution >= 0.6 is 0 Å². The summed E-state index contributed by atoms with van der Waals surface area (Å²) in [5.74, 6) is -0.275. The Labute approximate surface area is 624 Å². The maximum Gasteiger partial charge on any atom is 0.220 e. The van der Waals surface area contributed by atoms with Gasteiger partial charge in [0.2, 0.25) is 5.91 Å². The molecule has 19 nitrogen and oxygen atoms in total. The first kappa shape index (κ1) is 94.7. The summed E-state index contributed by atoms with van der Waals surface area (Å²) in [5, 5.41) is 121. The molecular weight excluding hydrogens is 1310 g/mol. The van der Waals surface area contributed by atoms with Gasteiger partial charge in [0, 0.05) is 6.42 Å². The smallest absolute Gasteiger partial charge is 0.220 e. The average molecular weight is 1470 g/mol. The number of amides is 1. The second-order valence-corrected chi connectivity index (χ2v) is 29.9. The van der Waals surface area contributed by atoms with Crippen LogP contribution in [0.2, 0.25) is 0 Å². The highest BCUT2D eigenvalue weighted by molar-refractivity contribution is 5.76. The van der Waals surface area contributed by atoms with Gasteiger partial charge in [-0.25, -0.2) is 0 Å². The van der Waals surface area contributed by atoms with Gasteiger partial charge in [-0.2, -0.15) is 0 Å². The lowest BCUT2D eigenvalue weighted by molar-refractivity contribution is -0.379. The van der Waals surface area contributed by atoms with Crippen LogP contribution < -0.4 is 5.32 Å². The number of hydrogen-bond acceptors (Lipinski definition) is 18. The van der Waals surface area contributed by atoms with Crippen molar-refractivity contribution in [3.63, 3.8) is 0 Å². The summed E-state index contributed by atoms with van der Waals surface area (Å²) < 4.78 is 34.5. The molecule has 3 aliphatic heterocycles. The standard InChI is InChI=1S/C84H153NO18/c1-3-5-7-9-11-13-15-17-19-21-23-25-27-29-30-31-32-33-34-35-36-38-39-41-43-45-47-49-51-53-55-57-59-61-68(89)67(85-72(90)62-60-58-56-54-52-50-48-46-44-42-40-37-28-26-24-22-20-18-16-14-12-10-8-6-4-2)66-98-82-78(96)75(93)80(70(64-87)100-82)103-84-79(97)76(94)81(71(65-88)101-84)102-83-77(95)74(92)73(91)69(63-86)99-83/h6,8,12,14,18,20,24,26,59,61,67-71,73-84,86-89,91-97H,3-5,7,9-11,13,15-17,19,21-23,25,27-58,60,62-66H2,1-2H3,(H,85,90)/b8-6-,14-12-,20-18-,26-24-,61-59+. The summed E-state index contributed by atoms with van der Waals surface area (Å²) in [5.41, 5.74) is 0. The lowest BCUT2D eigenvalue weighted by atomic mass is 9.96. The van der Waals surface area contributed by atoms with Gasteiger partial charge in [-0.3, -0.25) is 4.79 Å². The van der Waals surface area contributed by atoms with E-state index in [1.165, 1.54) is 231 Å². The lowest BCUT2D eigenvalue weighted by Crippen LogP contribution is -2.66. The van der Waals surface area contributed by atoms with Crippen molar-refractivity contribution in [1.29, 1.82) is 0 Å². The van der Waals surface area contributed by atoms with Crippen LogP contribution in [0.15, 0.2) is 60.8 Å². The molecule has 3 heterocycles. The summed E-state index contributed by atoms with van der Waals surface area (Å²) in [6, 6.07) is -0.979.